The maximum atomic E-state index is 12.1. The maximum absolute atomic E-state index is 12.1. The normalized spacial score (nSPS) is 18.3. The number of hydrogen-bond donors (Lipinski definition) is 2. The summed E-state index contributed by atoms with van der Waals surface area (Å²) < 4.78 is 0. The van der Waals surface area contributed by atoms with Crippen molar-refractivity contribution in [1.82, 2.24) is 15.2 Å². The third-order valence-electron chi connectivity index (χ3n) is 3.90. The fourth-order valence-electron chi connectivity index (χ4n) is 2.76. The molecule has 2 heterocycles. The van der Waals surface area contributed by atoms with Crippen LogP contribution in [0.2, 0.25) is 0 Å². The summed E-state index contributed by atoms with van der Waals surface area (Å²) >= 11 is 0. The van der Waals surface area contributed by atoms with Gasteiger partial charge in [-0.15, -0.1) is 0 Å². The SMILES string of the molecule is O=C(NC1CCN(Cc2ccccc2)C1)c1ccc(=O)[nH]c1. The average molecular weight is 297 g/mol. The molecule has 1 aliphatic rings. The molecule has 5 nitrogen and oxygen atoms in total. The molecule has 2 aromatic rings. The summed E-state index contributed by atoms with van der Waals surface area (Å²) in [6.07, 6.45) is 2.40. The number of carbonyl (C=O) groups is 1. The molecule has 1 saturated heterocycles. The van der Waals surface area contributed by atoms with Crippen LogP contribution in [0.25, 0.3) is 0 Å². The minimum atomic E-state index is -0.202. The Balaban J connectivity index is 1.53. The van der Waals surface area contributed by atoms with Crippen LogP contribution in [0.4, 0.5) is 0 Å². The molecule has 0 saturated carbocycles. The van der Waals surface area contributed by atoms with Gasteiger partial charge in [-0.05, 0) is 18.1 Å². The number of aromatic nitrogens is 1. The summed E-state index contributed by atoms with van der Waals surface area (Å²) in [5, 5.41) is 3.03. The molecular weight excluding hydrogens is 278 g/mol. The first-order chi connectivity index (χ1) is 10.7. The topological polar surface area (TPSA) is 65.2 Å². The van der Waals surface area contributed by atoms with Crippen LogP contribution >= 0.6 is 0 Å². The number of H-pyrrole nitrogens is 1. The Morgan fingerprint density at radius 2 is 2.05 bits per heavy atom. The Morgan fingerprint density at radius 3 is 2.77 bits per heavy atom. The summed E-state index contributed by atoms with van der Waals surface area (Å²) in [5.41, 5.74) is 1.57. The standard InChI is InChI=1S/C17H19N3O2/c21-16-7-6-14(10-18-16)17(22)19-15-8-9-20(12-15)11-13-4-2-1-3-5-13/h1-7,10,15H,8-9,11-12H2,(H,18,21)(H,19,22). The Labute approximate surface area is 129 Å². The first-order valence-electron chi connectivity index (χ1n) is 7.46. The number of carbonyl (C=O) groups excluding carboxylic acids is 1. The quantitative estimate of drug-likeness (QED) is 0.896. The van der Waals surface area contributed by atoms with E-state index in [1.54, 1.807) is 6.07 Å². The highest BCUT2D eigenvalue weighted by atomic mass is 16.2. The van der Waals surface area contributed by atoms with Gasteiger partial charge in [0, 0.05) is 37.9 Å². The van der Waals surface area contributed by atoms with E-state index in [1.165, 1.54) is 17.8 Å². The number of hydrogen-bond acceptors (Lipinski definition) is 3. The second-order valence-corrected chi connectivity index (χ2v) is 5.62. The summed E-state index contributed by atoms with van der Waals surface area (Å²) in [5.74, 6) is -0.136. The third kappa shape index (κ3) is 3.62. The monoisotopic (exact) mass is 297 g/mol. The maximum Gasteiger partial charge on any atom is 0.253 e. The minimum absolute atomic E-state index is 0.136. The van der Waals surface area contributed by atoms with E-state index in [1.807, 2.05) is 18.2 Å². The van der Waals surface area contributed by atoms with Crippen LogP contribution < -0.4 is 10.9 Å². The lowest BCUT2D eigenvalue weighted by Gasteiger charge is -2.16. The summed E-state index contributed by atoms with van der Waals surface area (Å²) in [7, 11) is 0. The van der Waals surface area contributed by atoms with Gasteiger partial charge in [-0.3, -0.25) is 14.5 Å². The zero-order valence-corrected chi connectivity index (χ0v) is 12.3. The zero-order valence-electron chi connectivity index (χ0n) is 12.3. The lowest BCUT2D eigenvalue weighted by molar-refractivity contribution is 0.0937. The molecular formula is C17H19N3O2. The molecule has 0 bridgehead atoms. The van der Waals surface area contributed by atoms with Crippen molar-refractivity contribution in [3.8, 4) is 0 Å². The van der Waals surface area contributed by atoms with Gasteiger partial charge in [0.25, 0.3) is 5.91 Å². The third-order valence-corrected chi connectivity index (χ3v) is 3.90. The van der Waals surface area contributed by atoms with Crippen molar-refractivity contribution in [2.45, 2.75) is 19.0 Å². The number of nitrogens with zero attached hydrogens (tertiary/aromatic N) is 1. The number of amides is 1. The van der Waals surface area contributed by atoms with Crippen LogP contribution in [0.1, 0.15) is 22.3 Å². The van der Waals surface area contributed by atoms with Crippen LogP contribution in [0, 0.1) is 0 Å². The molecule has 0 radical (unpaired) electrons. The number of nitrogens with one attached hydrogen (secondary N) is 2. The molecule has 114 valence electrons. The number of rotatable bonds is 4. The fraction of sp³-hybridized carbons (Fsp3) is 0.294. The van der Waals surface area contributed by atoms with Crippen molar-refractivity contribution in [2.75, 3.05) is 13.1 Å². The predicted molar refractivity (Wildman–Crippen MR) is 84.7 cm³/mol. The van der Waals surface area contributed by atoms with E-state index in [0.29, 0.717) is 5.56 Å². The van der Waals surface area contributed by atoms with E-state index in [9.17, 15) is 9.59 Å². The average Bonchev–Trinajstić information content (AvgIpc) is 2.96. The molecule has 1 amide bonds. The van der Waals surface area contributed by atoms with Crippen molar-refractivity contribution < 1.29 is 4.79 Å². The number of aromatic amines is 1. The molecule has 3 rings (SSSR count). The van der Waals surface area contributed by atoms with Crippen LogP contribution in [0.5, 0.6) is 0 Å². The van der Waals surface area contributed by atoms with Gasteiger partial charge < -0.3 is 10.3 Å². The van der Waals surface area contributed by atoms with Gasteiger partial charge in [0.15, 0.2) is 0 Å². The fourth-order valence-corrected chi connectivity index (χ4v) is 2.76. The first kappa shape index (κ1) is 14.5. The van der Waals surface area contributed by atoms with E-state index in [0.717, 1.165) is 26.1 Å². The Bertz CT molecular complexity index is 676. The molecule has 1 unspecified atom stereocenters. The molecule has 0 aliphatic carbocycles. The van der Waals surface area contributed by atoms with Gasteiger partial charge in [-0.1, -0.05) is 30.3 Å². The lowest BCUT2D eigenvalue weighted by Crippen LogP contribution is -2.37. The molecule has 22 heavy (non-hydrogen) atoms. The Kier molecular flexibility index (Phi) is 4.34. The second kappa shape index (κ2) is 6.58. The predicted octanol–water partition coefficient (Wildman–Crippen LogP) is 1.38. The number of likely N-dealkylation sites (tertiary alicyclic amines) is 1. The summed E-state index contributed by atoms with van der Waals surface area (Å²) in [6, 6.07) is 13.4. The smallest absolute Gasteiger partial charge is 0.253 e. The van der Waals surface area contributed by atoms with Crippen molar-refractivity contribution in [3.63, 3.8) is 0 Å². The Morgan fingerprint density at radius 1 is 1.23 bits per heavy atom. The second-order valence-electron chi connectivity index (χ2n) is 5.62. The lowest BCUT2D eigenvalue weighted by atomic mass is 10.2. The minimum Gasteiger partial charge on any atom is -0.348 e. The molecule has 1 fully saturated rings. The zero-order chi connectivity index (χ0) is 15.4. The molecule has 1 atom stereocenters. The van der Waals surface area contributed by atoms with Gasteiger partial charge in [-0.25, -0.2) is 0 Å². The van der Waals surface area contributed by atoms with E-state index in [2.05, 4.69) is 27.3 Å². The highest BCUT2D eigenvalue weighted by Crippen LogP contribution is 2.13. The molecule has 1 aromatic heterocycles. The Hall–Kier alpha value is -2.40. The van der Waals surface area contributed by atoms with Crippen molar-refractivity contribution in [3.05, 3.63) is 70.1 Å². The molecule has 1 aliphatic heterocycles. The number of pyridine rings is 1. The van der Waals surface area contributed by atoms with Gasteiger partial charge in [0.2, 0.25) is 5.56 Å². The van der Waals surface area contributed by atoms with Gasteiger partial charge in [0.1, 0.15) is 0 Å². The first-order valence-corrected chi connectivity index (χ1v) is 7.46. The van der Waals surface area contributed by atoms with Crippen LogP contribution in [-0.2, 0) is 6.54 Å². The van der Waals surface area contributed by atoms with Crippen molar-refractivity contribution in [1.29, 1.82) is 0 Å². The largest absolute Gasteiger partial charge is 0.348 e. The van der Waals surface area contributed by atoms with E-state index >= 15 is 0 Å². The molecule has 2 N–H and O–H groups in total. The summed E-state index contributed by atoms with van der Waals surface area (Å²) in [6.45, 7) is 2.74. The van der Waals surface area contributed by atoms with Gasteiger partial charge in [-0.2, -0.15) is 0 Å². The van der Waals surface area contributed by atoms with Crippen LogP contribution in [-0.4, -0.2) is 34.9 Å². The molecule has 5 heteroatoms. The molecule has 1 aromatic carbocycles. The number of benzene rings is 1. The highest BCUT2D eigenvalue weighted by molar-refractivity contribution is 5.94. The van der Waals surface area contributed by atoms with E-state index in [-0.39, 0.29) is 17.5 Å². The van der Waals surface area contributed by atoms with Crippen molar-refractivity contribution >= 4 is 5.91 Å². The van der Waals surface area contributed by atoms with Crippen molar-refractivity contribution in [2.24, 2.45) is 0 Å². The van der Waals surface area contributed by atoms with E-state index < -0.39 is 0 Å². The molecule has 0 spiro atoms. The van der Waals surface area contributed by atoms with Gasteiger partial charge in [0.05, 0.1) is 5.56 Å². The van der Waals surface area contributed by atoms with Crippen LogP contribution in [0.3, 0.4) is 0 Å². The van der Waals surface area contributed by atoms with Gasteiger partial charge >= 0.3 is 0 Å². The van der Waals surface area contributed by atoms with Crippen LogP contribution in [0.15, 0.2) is 53.5 Å². The van der Waals surface area contributed by atoms with E-state index in [4.69, 9.17) is 0 Å². The summed E-state index contributed by atoms with van der Waals surface area (Å²) in [4.78, 5) is 28.0. The highest BCUT2D eigenvalue weighted by Gasteiger charge is 2.24.